The number of pyridine rings is 2. The predicted molar refractivity (Wildman–Crippen MR) is 216 cm³/mol. The van der Waals surface area contributed by atoms with Crippen molar-refractivity contribution < 1.29 is 38.6 Å². The van der Waals surface area contributed by atoms with Crippen LogP contribution in [0.3, 0.4) is 0 Å². The van der Waals surface area contributed by atoms with Gasteiger partial charge in [-0.1, -0.05) is 68.1 Å². The minimum Gasteiger partial charge on any atom is -0.480 e. The normalized spacial score (nSPS) is 11.6. The van der Waals surface area contributed by atoms with Gasteiger partial charge in [0.05, 0.1) is 30.2 Å². The lowest BCUT2D eigenvalue weighted by Gasteiger charge is -2.18. The Balaban J connectivity index is 0.000000294. The summed E-state index contributed by atoms with van der Waals surface area (Å²) in [6, 6.07) is 23.2. The maximum atomic E-state index is 12.8. The number of esters is 1. The molecule has 292 valence electrons. The summed E-state index contributed by atoms with van der Waals surface area (Å²) in [4.78, 5) is 69.9. The number of benzene rings is 2. The van der Waals surface area contributed by atoms with Gasteiger partial charge in [-0.2, -0.15) is 0 Å². The summed E-state index contributed by atoms with van der Waals surface area (Å²) >= 11 is 2.65. The molecule has 0 fully saturated rings. The number of carboxylic acid groups (broad SMARTS) is 1. The monoisotopic (exact) mass is 798 g/mol. The van der Waals surface area contributed by atoms with Gasteiger partial charge in [-0.25, -0.2) is 9.59 Å². The van der Waals surface area contributed by atoms with Gasteiger partial charge in [0.15, 0.2) is 0 Å². The van der Waals surface area contributed by atoms with E-state index in [2.05, 4.69) is 25.9 Å². The van der Waals surface area contributed by atoms with Gasteiger partial charge >= 0.3 is 18.0 Å². The molecule has 0 spiro atoms. The molecule has 56 heavy (non-hydrogen) atoms. The van der Waals surface area contributed by atoms with Gasteiger partial charge in [0.2, 0.25) is 0 Å². The summed E-state index contributed by atoms with van der Waals surface area (Å²) in [5, 5.41) is 16.3. The van der Waals surface area contributed by atoms with E-state index in [9.17, 15) is 24.0 Å². The largest absolute Gasteiger partial charge is 0.480 e. The second kappa shape index (κ2) is 20.5. The van der Waals surface area contributed by atoms with Crippen LogP contribution in [-0.4, -0.2) is 70.1 Å². The number of aromatic nitrogens is 2. The first-order valence-corrected chi connectivity index (χ1v) is 18.5. The van der Waals surface area contributed by atoms with Crippen LogP contribution < -0.4 is 21.7 Å². The van der Waals surface area contributed by atoms with Crippen LogP contribution >= 0.6 is 22.7 Å². The summed E-state index contributed by atoms with van der Waals surface area (Å²) in [6.07, 6.45) is 2.58. The summed E-state index contributed by atoms with van der Waals surface area (Å²) in [6.45, 7) is 3.70. The Bertz CT molecular complexity index is 2280. The molecule has 3 amide bonds. The molecule has 0 saturated heterocycles. The van der Waals surface area contributed by atoms with E-state index in [0.717, 1.165) is 42.7 Å². The highest BCUT2D eigenvalue weighted by Crippen LogP contribution is 2.27. The highest BCUT2D eigenvalue weighted by Gasteiger charge is 2.25. The Labute approximate surface area is 331 Å². The number of nitrogens with zero attached hydrogens (tertiary/aromatic N) is 2. The Hall–Kier alpha value is -6.23. The molecule has 0 bridgehead atoms. The molecule has 6 N–H and O–H groups in total. The number of carbonyl (C=O) groups is 5. The molecule has 16 heteroatoms. The van der Waals surface area contributed by atoms with Crippen LogP contribution in [0.1, 0.15) is 49.0 Å². The topological polar surface area (TPSA) is 212 Å². The minimum absolute atomic E-state index is 0. The molecule has 0 saturated carbocycles. The van der Waals surface area contributed by atoms with Crippen molar-refractivity contribution in [2.24, 2.45) is 5.73 Å². The third-order valence-electron chi connectivity index (χ3n) is 7.94. The molecule has 6 aromatic rings. The maximum Gasteiger partial charge on any atom is 0.408 e. The van der Waals surface area contributed by atoms with Crippen LogP contribution in [0.25, 0.3) is 20.4 Å². The number of carboxylic acids is 1. The van der Waals surface area contributed by atoms with Gasteiger partial charge in [-0.3, -0.25) is 24.4 Å². The molecule has 0 unspecified atom stereocenters. The van der Waals surface area contributed by atoms with Gasteiger partial charge in [0, 0.05) is 25.5 Å². The number of carbonyl (C=O) groups excluding carboxylic acids is 4. The zero-order chi connectivity index (χ0) is 39.3. The van der Waals surface area contributed by atoms with E-state index in [1.54, 1.807) is 24.5 Å². The molecule has 0 radical (unpaired) electrons. The quantitative estimate of drug-likeness (QED) is 0.0887. The first kappa shape index (κ1) is 42.5. The number of rotatable bonds is 13. The summed E-state index contributed by atoms with van der Waals surface area (Å²) in [5.74, 6) is -2.55. The predicted octanol–water partition coefficient (Wildman–Crippen LogP) is 5.76. The van der Waals surface area contributed by atoms with Gasteiger partial charge in [-0.15, -0.1) is 22.7 Å². The lowest BCUT2D eigenvalue weighted by molar-refractivity contribution is -0.147. The van der Waals surface area contributed by atoms with Crippen molar-refractivity contribution in [3.8, 4) is 0 Å². The van der Waals surface area contributed by atoms with E-state index in [1.807, 2.05) is 86.6 Å². The SMILES string of the molecule is C.Cc1ccnc2cc(C(=O)NC[C@@H](N)C(=O)O)sc12.Cc1ccnc2cc(C(=O)NC[C@@H](NC(=O)OCc3ccccc3)C(=O)OCc3ccccc3)sc12. The summed E-state index contributed by atoms with van der Waals surface area (Å²) in [7, 11) is 0. The first-order valence-electron chi connectivity index (χ1n) is 16.9. The molecule has 4 aromatic heterocycles. The number of thiophene rings is 2. The van der Waals surface area contributed by atoms with Crippen molar-refractivity contribution >= 4 is 73.0 Å². The number of fused-ring (bicyclic) bond motifs is 2. The van der Waals surface area contributed by atoms with E-state index in [0.29, 0.717) is 9.75 Å². The Morgan fingerprint density at radius 3 is 1.64 bits per heavy atom. The second-order valence-electron chi connectivity index (χ2n) is 12.1. The molecule has 2 aromatic carbocycles. The Morgan fingerprint density at radius 2 is 1.18 bits per heavy atom. The number of hydrogen-bond donors (Lipinski definition) is 5. The number of aliphatic carboxylic acids is 1. The van der Waals surface area contributed by atoms with E-state index in [1.165, 1.54) is 22.7 Å². The first-order chi connectivity index (χ1) is 26.5. The Morgan fingerprint density at radius 1 is 0.714 bits per heavy atom. The smallest absolute Gasteiger partial charge is 0.408 e. The van der Waals surface area contributed by atoms with E-state index < -0.39 is 30.1 Å². The molecule has 2 atom stereocenters. The minimum atomic E-state index is -1.14. The molecule has 14 nitrogen and oxygen atoms in total. The van der Waals surface area contributed by atoms with Crippen molar-refractivity contribution in [1.29, 1.82) is 0 Å². The number of nitrogens with one attached hydrogen (secondary N) is 3. The van der Waals surface area contributed by atoms with Crippen LogP contribution in [0.15, 0.2) is 97.3 Å². The lowest BCUT2D eigenvalue weighted by atomic mass is 10.2. The van der Waals surface area contributed by atoms with Crippen molar-refractivity contribution in [3.05, 3.63) is 129 Å². The third-order valence-corrected chi connectivity index (χ3v) is 10.5. The zero-order valence-corrected chi connectivity index (χ0v) is 31.4. The summed E-state index contributed by atoms with van der Waals surface area (Å²) < 4.78 is 12.5. The summed E-state index contributed by atoms with van der Waals surface area (Å²) in [5.41, 5.74) is 10.5. The van der Waals surface area contributed by atoms with E-state index in [4.69, 9.17) is 20.3 Å². The molecular formula is C40H42N6O8S2. The molecule has 0 aliphatic rings. The fraction of sp³-hybridized carbons (Fsp3) is 0.225. The van der Waals surface area contributed by atoms with Crippen LogP contribution in [0.4, 0.5) is 4.79 Å². The van der Waals surface area contributed by atoms with Gasteiger partial charge in [0.25, 0.3) is 11.8 Å². The third kappa shape index (κ3) is 11.9. The van der Waals surface area contributed by atoms with Gasteiger partial charge in [0.1, 0.15) is 25.3 Å². The van der Waals surface area contributed by atoms with Crippen molar-refractivity contribution in [3.63, 3.8) is 0 Å². The number of nitrogens with two attached hydrogens (primary N) is 1. The highest BCUT2D eigenvalue weighted by molar-refractivity contribution is 7.21. The van der Waals surface area contributed by atoms with Crippen LogP contribution in [0.2, 0.25) is 0 Å². The van der Waals surface area contributed by atoms with Crippen molar-refractivity contribution in [2.75, 3.05) is 13.1 Å². The van der Waals surface area contributed by atoms with E-state index >= 15 is 0 Å². The maximum absolute atomic E-state index is 12.8. The van der Waals surface area contributed by atoms with Crippen LogP contribution in [-0.2, 0) is 32.3 Å². The number of amides is 3. The molecule has 0 aliphatic carbocycles. The average molecular weight is 799 g/mol. The van der Waals surface area contributed by atoms with Gasteiger partial charge in [-0.05, 0) is 60.4 Å². The van der Waals surface area contributed by atoms with Gasteiger partial charge < -0.3 is 36.3 Å². The second-order valence-corrected chi connectivity index (χ2v) is 14.2. The zero-order valence-electron chi connectivity index (χ0n) is 29.8. The van der Waals surface area contributed by atoms with E-state index in [-0.39, 0.29) is 45.5 Å². The highest BCUT2D eigenvalue weighted by atomic mass is 32.1. The number of alkyl carbamates (subject to hydrolysis) is 1. The Kier molecular flexibility index (Phi) is 15.5. The number of ether oxygens (including phenoxy) is 2. The fourth-order valence-electron chi connectivity index (χ4n) is 4.94. The molecular weight excluding hydrogens is 757 g/mol. The molecule has 4 heterocycles. The molecule has 6 rings (SSSR count). The lowest BCUT2D eigenvalue weighted by Crippen LogP contribution is -2.49. The van der Waals surface area contributed by atoms with Crippen molar-refractivity contribution in [2.45, 2.75) is 46.6 Å². The van der Waals surface area contributed by atoms with Crippen LogP contribution in [0, 0.1) is 13.8 Å². The average Bonchev–Trinajstić information content (AvgIpc) is 3.85. The number of aryl methyl sites for hydroxylation is 2. The standard InChI is InChI=1S/C27H25N3O5S.C12H13N3O3S.CH4/c1-18-12-13-28-21-14-23(36-24(18)21)25(31)29-15-22(26(32)34-16-19-8-4-2-5-9-19)30-27(33)35-17-20-10-6-3-7-11-20;1-6-2-3-14-8-4-9(19-10(6)8)11(16)15-5-7(13)12(17)18;/h2-14,22H,15-17H2,1H3,(H,29,31)(H,30,33);2-4,7H,5,13H2,1H3,(H,15,16)(H,17,18);1H4/t22-;7-;/m11./s1. The molecule has 0 aliphatic heterocycles. The number of hydrogen-bond acceptors (Lipinski definition) is 12. The van der Waals surface area contributed by atoms with Crippen LogP contribution in [0.5, 0.6) is 0 Å². The van der Waals surface area contributed by atoms with Crippen molar-refractivity contribution in [1.82, 2.24) is 25.9 Å². The fourth-order valence-corrected chi connectivity index (χ4v) is 6.94.